The van der Waals surface area contributed by atoms with Crippen molar-refractivity contribution in [3.63, 3.8) is 0 Å². The maximum atomic E-state index is 11.8. The molecular formula is C10H12BrNO2S. The molecule has 1 fully saturated rings. The first-order valence-electron chi connectivity index (χ1n) is 4.89. The fourth-order valence-corrected chi connectivity index (χ4v) is 3.09. The first-order valence-corrected chi connectivity index (χ1v) is 6.84. The predicted octanol–water partition coefficient (Wildman–Crippen LogP) is 2.67. The zero-order valence-corrected chi connectivity index (χ0v) is 10.6. The SMILES string of the molecule is O=C(NC1CCSCC1)c1ccoc1Br. The van der Waals surface area contributed by atoms with Gasteiger partial charge in [0.1, 0.15) is 0 Å². The molecule has 1 aliphatic heterocycles. The van der Waals surface area contributed by atoms with Crippen LogP contribution < -0.4 is 5.32 Å². The number of amides is 1. The summed E-state index contributed by atoms with van der Waals surface area (Å²) in [6.07, 6.45) is 3.63. The molecule has 0 unspecified atom stereocenters. The Morgan fingerprint density at radius 3 is 2.87 bits per heavy atom. The maximum absolute atomic E-state index is 11.8. The van der Waals surface area contributed by atoms with Crippen LogP contribution in [0.2, 0.25) is 0 Å². The van der Waals surface area contributed by atoms with Crippen LogP contribution in [0.1, 0.15) is 23.2 Å². The normalized spacial score (nSPS) is 17.7. The Balaban J connectivity index is 1.94. The Labute approximate surface area is 101 Å². The van der Waals surface area contributed by atoms with Gasteiger partial charge >= 0.3 is 0 Å². The molecule has 0 aromatic carbocycles. The molecular weight excluding hydrogens is 278 g/mol. The zero-order valence-electron chi connectivity index (χ0n) is 8.16. The van der Waals surface area contributed by atoms with Crippen LogP contribution in [0.25, 0.3) is 0 Å². The Morgan fingerprint density at radius 1 is 1.53 bits per heavy atom. The summed E-state index contributed by atoms with van der Waals surface area (Å²) in [5, 5.41) is 3.02. The van der Waals surface area contributed by atoms with Crippen molar-refractivity contribution in [3.8, 4) is 0 Å². The van der Waals surface area contributed by atoms with Gasteiger partial charge in [-0.05, 0) is 46.3 Å². The first-order chi connectivity index (χ1) is 7.27. The quantitative estimate of drug-likeness (QED) is 0.910. The van der Waals surface area contributed by atoms with E-state index >= 15 is 0 Å². The van der Waals surface area contributed by atoms with Crippen LogP contribution in [0, 0.1) is 0 Å². The van der Waals surface area contributed by atoms with Gasteiger partial charge < -0.3 is 9.73 Å². The summed E-state index contributed by atoms with van der Waals surface area (Å²) in [4.78, 5) is 11.8. The van der Waals surface area contributed by atoms with Gasteiger partial charge in [-0.1, -0.05) is 0 Å². The molecule has 0 radical (unpaired) electrons. The smallest absolute Gasteiger partial charge is 0.255 e. The summed E-state index contributed by atoms with van der Waals surface area (Å²) in [6.45, 7) is 0. The Hall–Kier alpha value is -0.420. The first kappa shape index (κ1) is 11.1. The van der Waals surface area contributed by atoms with Crippen molar-refractivity contribution in [1.29, 1.82) is 0 Å². The van der Waals surface area contributed by atoms with Crippen LogP contribution in [-0.2, 0) is 0 Å². The summed E-state index contributed by atoms with van der Waals surface area (Å²) in [5.74, 6) is 2.22. The van der Waals surface area contributed by atoms with Gasteiger partial charge in [-0.25, -0.2) is 0 Å². The number of hydrogen-bond donors (Lipinski definition) is 1. The minimum Gasteiger partial charge on any atom is -0.457 e. The average Bonchev–Trinajstić information content (AvgIpc) is 2.66. The third kappa shape index (κ3) is 2.78. The summed E-state index contributed by atoms with van der Waals surface area (Å²) in [7, 11) is 0. The largest absolute Gasteiger partial charge is 0.457 e. The lowest BCUT2D eigenvalue weighted by Crippen LogP contribution is -2.37. The monoisotopic (exact) mass is 289 g/mol. The van der Waals surface area contributed by atoms with E-state index < -0.39 is 0 Å². The number of carbonyl (C=O) groups is 1. The topological polar surface area (TPSA) is 42.2 Å². The van der Waals surface area contributed by atoms with Gasteiger partial charge in [0, 0.05) is 6.04 Å². The van der Waals surface area contributed by atoms with E-state index in [4.69, 9.17) is 4.42 Å². The van der Waals surface area contributed by atoms with E-state index in [2.05, 4.69) is 21.2 Å². The lowest BCUT2D eigenvalue weighted by atomic mass is 10.1. The minimum absolute atomic E-state index is 0.0486. The van der Waals surface area contributed by atoms with E-state index in [-0.39, 0.29) is 5.91 Å². The highest BCUT2D eigenvalue weighted by molar-refractivity contribution is 9.10. The van der Waals surface area contributed by atoms with Gasteiger partial charge in [-0.15, -0.1) is 0 Å². The molecule has 3 nitrogen and oxygen atoms in total. The maximum Gasteiger partial charge on any atom is 0.255 e. The molecule has 1 aromatic heterocycles. The van der Waals surface area contributed by atoms with Gasteiger partial charge in [-0.2, -0.15) is 11.8 Å². The van der Waals surface area contributed by atoms with Crippen molar-refractivity contribution in [2.75, 3.05) is 11.5 Å². The third-order valence-corrected chi connectivity index (χ3v) is 4.08. The van der Waals surface area contributed by atoms with Crippen LogP contribution >= 0.6 is 27.7 Å². The van der Waals surface area contributed by atoms with Gasteiger partial charge in [-0.3, -0.25) is 4.79 Å². The molecule has 0 atom stereocenters. The molecule has 1 saturated heterocycles. The molecule has 1 amide bonds. The van der Waals surface area contributed by atoms with Crippen LogP contribution in [0.3, 0.4) is 0 Å². The number of carbonyl (C=O) groups excluding carboxylic acids is 1. The van der Waals surface area contributed by atoms with Crippen LogP contribution in [-0.4, -0.2) is 23.5 Å². The molecule has 0 bridgehead atoms. The van der Waals surface area contributed by atoms with Gasteiger partial charge in [0.2, 0.25) is 0 Å². The Kier molecular flexibility index (Phi) is 3.75. The number of nitrogens with one attached hydrogen (secondary N) is 1. The number of hydrogen-bond acceptors (Lipinski definition) is 3. The zero-order chi connectivity index (χ0) is 10.7. The molecule has 2 heterocycles. The van der Waals surface area contributed by atoms with E-state index in [1.807, 2.05) is 11.8 Å². The molecule has 2 rings (SSSR count). The van der Waals surface area contributed by atoms with Crippen LogP contribution in [0.15, 0.2) is 21.4 Å². The van der Waals surface area contributed by atoms with E-state index in [1.165, 1.54) is 6.26 Å². The standard InChI is InChI=1S/C10H12BrNO2S/c11-9-8(1-4-14-9)10(13)12-7-2-5-15-6-3-7/h1,4,7H,2-3,5-6H2,(H,12,13). The second-order valence-corrected chi connectivity index (χ2v) is 5.41. The second kappa shape index (κ2) is 5.07. The summed E-state index contributed by atoms with van der Waals surface area (Å²) in [6, 6.07) is 2.00. The lowest BCUT2D eigenvalue weighted by Gasteiger charge is -2.22. The van der Waals surface area contributed by atoms with Crippen molar-refractivity contribution < 1.29 is 9.21 Å². The highest BCUT2D eigenvalue weighted by Gasteiger charge is 2.19. The van der Waals surface area contributed by atoms with Crippen molar-refractivity contribution in [2.24, 2.45) is 0 Å². The molecule has 1 N–H and O–H groups in total. The number of rotatable bonds is 2. The third-order valence-electron chi connectivity index (χ3n) is 2.42. The predicted molar refractivity (Wildman–Crippen MR) is 64.2 cm³/mol. The van der Waals surface area contributed by atoms with Gasteiger partial charge in [0.15, 0.2) is 4.67 Å². The van der Waals surface area contributed by atoms with E-state index in [0.717, 1.165) is 24.3 Å². The molecule has 0 aliphatic carbocycles. The van der Waals surface area contributed by atoms with E-state index in [1.54, 1.807) is 6.07 Å². The summed E-state index contributed by atoms with van der Waals surface area (Å²) < 4.78 is 5.53. The number of furan rings is 1. The lowest BCUT2D eigenvalue weighted by molar-refractivity contribution is 0.0933. The molecule has 1 aromatic rings. The van der Waals surface area contributed by atoms with Crippen LogP contribution in [0.5, 0.6) is 0 Å². The summed E-state index contributed by atoms with van der Waals surface area (Å²) >= 11 is 5.15. The highest BCUT2D eigenvalue weighted by Crippen LogP contribution is 2.20. The highest BCUT2D eigenvalue weighted by atomic mass is 79.9. The second-order valence-electron chi connectivity index (χ2n) is 3.47. The van der Waals surface area contributed by atoms with Crippen molar-refractivity contribution in [1.82, 2.24) is 5.32 Å². The number of thioether (sulfide) groups is 1. The van der Waals surface area contributed by atoms with Crippen LogP contribution in [0.4, 0.5) is 0 Å². The summed E-state index contributed by atoms with van der Waals surface area (Å²) in [5.41, 5.74) is 0.577. The fraction of sp³-hybridized carbons (Fsp3) is 0.500. The van der Waals surface area contributed by atoms with Gasteiger partial charge in [0.25, 0.3) is 5.91 Å². The Morgan fingerprint density at radius 2 is 2.27 bits per heavy atom. The van der Waals surface area contributed by atoms with Crippen molar-refractivity contribution in [2.45, 2.75) is 18.9 Å². The molecule has 15 heavy (non-hydrogen) atoms. The van der Waals surface area contributed by atoms with Gasteiger partial charge in [0.05, 0.1) is 11.8 Å². The van der Waals surface area contributed by atoms with Crippen molar-refractivity contribution in [3.05, 3.63) is 22.6 Å². The number of halogens is 1. The molecule has 5 heteroatoms. The van der Waals surface area contributed by atoms with Crippen molar-refractivity contribution >= 4 is 33.6 Å². The van der Waals surface area contributed by atoms with E-state index in [0.29, 0.717) is 16.3 Å². The molecule has 82 valence electrons. The molecule has 0 spiro atoms. The fourth-order valence-electron chi connectivity index (χ4n) is 1.56. The molecule has 0 saturated carbocycles. The minimum atomic E-state index is -0.0486. The molecule has 1 aliphatic rings. The Bertz CT molecular complexity index is 347. The van der Waals surface area contributed by atoms with E-state index in [9.17, 15) is 4.79 Å². The average molecular weight is 290 g/mol.